The van der Waals surface area contributed by atoms with E-state index in [1.807, 2.05) is 6.92 Å². The second-order valence-electron chi connectivity index (χ2n) is 4.92. The first-order valence-corrected chi connectivity index (χ1v) is 6.22. The Morgan fingerprint density at radius 3 is 2.94 bits per heavy atom. The zero-order valence-electron chi connectivity index (χ0n) is 10.8. The van der Waals surface area contributed by atoms with Gasteiger partial charge >= 0.3 is 0 Å². The van der Waals surface area contributed by atoms with Crippen molar-refractivity contribution in [3.63, 3.8) is 0 Å². The number of fused-ring (bicyclic) bond motifs is 1. The molecule has 17 heavy (non-hydrogen) atoms. The molecule has 1 aliphatic rings. The third-order valence-corrected chi connectivity index (χ3v) is 3.17. The minimum atomic E-state index is 0.216. The Morgan fingerprint density at radius 1 is 1.53 bits per heavy atom. The normalized spacial score (nSPS) is 19.6. The summed E-state index contributed by atoms with van der Waals surface area (Å²) in [5.74, 6) is 1.97. The van der Waals surface area contributed by atoms with Crippen LogP contribution >= 0.6 is 0 Å². The third-order valence-electron chi connectivity index (χ3n) is 3.17. The topological polar surface area (TPSA) is 44.5 Å². The van der Waals surface area contributed by atoms with Gasteiger partial charge in [-0.25, -0.2) is 0 Å². The van der Waals surface area contributed by atoms with Crippen molar-refractivity contribution in [3.8, 4) is 11.5 Å². The highest BCUT2D eigenvalue weighted by Crippen LogP contribution is 2.35. The van der Waals surface area contributed by atoms with Gasteiger partial charge in [0.15, 0.2) is 0 Å². The highest BCUT2D eigenvalue weighted by atomic mass is 16.5. The molecule has 1 heterocycles. The van der Waals surface area contributed by atoms with E-state index in [0.717, 1.165) is 30.8 Å². The summed E-state index contributed by atoms with van der Waals surface area (Å²) in [6.07, 6.45) is 3.15. The first kappa shape index (κ1) is 12.2. The summed E-state index contributed by atoms with van der Waals surface area (Å²) in [4.78, 5) is 0. The van der Waals surface area contributed by atoms with Crippen LogP contribution < -0.4 is 15.2 Å². The summed E-state index contributed by atoms with van der Waals surface area (Å²) in [6.45, 7) is 4.12. The second kappa shape index (κ2) is 4.96. The van der Waals surface area contributed by atoms with Crippen molar-refractivity contribution in [2.75, 3.05) is 7.11 Å². The van der Waals surface area contributed by atoms with Gasteiger partial charge in [-0.2, -0.15) is 0 Å². The van der Waals surface area contributed by atoms with Crippen molar-refractivity contribution in [1.82, 2.24) is 0 Å². The van der Waals surface area contributed by atoms with Crippen LogP contribution in [-0.2, 0) is 12.8 Å². The molecule has 0 amide bonds. The highest BCUT2D eigenvalue weighted by molar-refractivity contribution is 5.48. The molecule has 1 aliphatic heterocycles. The van der Waals surface area contributed by atoms with E-state index in [2.05, 4.69) is 19.1 Å². The van der Waals surface area contributed by atoms with Gasteiger partial charge in [0.05, 0.1) is 7.11 Å². The zero-order valence-corrected chi connectivity index (χ0v) is 10.8. The Balaban J connectivity index is 2.23. The summed E-state index contributed by atoms with van der Waals surface area (Å²) >= 11 is 0. The number of nitrogens with two attached hydrogens (primary N) is 1. The maximum Gasteiger partial charge on any atom is 0.123 e. The average molecular weight is 235 g/mol. The Hall–Kier alpha value is -1.22. The highest BCUT2D eigenvalue weighted by Gasteiger charge is 2.21. The third kappa shape index (κ3) is 2.72. The maximum atomic E-state index is 5.79. The molecule has 0 saturated heterocycles. The first-order chi connectivity index (χ1) is 8.10. The van der Waals surface area contributed by atoms with Gasteiger partial charge in [0.1, 0.15) is 17.6 Å². The summed E-state index contributed by atoms with van der Waals surface area (Å²) in [7, 11) is 1.72. The summed E-state index contributed by atoms with van der Waals surface area (Å²) in [5, 5.41) is 0. The lowest BCUT2D eigenvalue weighted by Gasteiger charge is -2.12. The lowest BCUT2D eigenvalue weighted by Crippen LogP contribution is -2.15. The molecule has 2 unspecified atom stereocenters. The van der Waals surface area contributed by atoms with E-state index >= 15 is 0 Å². The minimum absolute atomic E-state index is 0.216. The van der Waals surface area contributed by atoms with Crippen molar-refractivity contribution in [1.29, 1.82) is 0 Å². The molecule has 0 bridgehead atoms. The number of methoxy groups -OCH3 is 1. The standard InChI is InChI=1S/C14H21NO2/c1-9(15)4-5-11-7-14-12(6-10(2)17-14)8-13(11)16-3/h7-10H,4-6,15H2,1-3H3. The van der Waals surface area contributed by atoms with E-state index in [-0.39, 0.29) is 12.1 Å². The first-order valence-electron chi connectivity index (χ1n) is 6.22. The van der Waals surface area contributed by atoms with Crippen LogP contribution in [0.1, 0.15) is 31.4 Å². The van der Waals surface area contributed by atoms with Gasteiger partial charge in [0.2, 0.25) is 0 Å². The second-order valence-corrected chi connectivity index (χ2v) is 4.92. The molecule has 1 aromatic carbocycles. The van der Waals surface area contributed by atoms with Crippen LogP contribution in [0.4, 0.5) is 0 Å². The fraction of sp³-hybridized carbons (Fsp3) is 0.571. The molecule has 0 aliphatic carbocycles. The van der Waals surface area contributed by atoms with E-state index in [1.165, 1.54) is 11.1 Å². The van der Waals surface area contributed by atoms with Crippen LogP contribution in [0.25, 0.3) is 0 Å². The lowest BCUT2D eigenvalue weighted by molar-refractivity contribution is 0.254. The lowest BCUT2D eigenvalue weighted by atomic mass is 10.0. The predicted molar refractivity (Wildman–Crippen MR) is 68.8 cm³/mol. The summed E-state index contributed by atoms with van der Waals surface area (Å²) < 4.78 is 11.2. The fourth-order valence-corrected chi connectivity index (χ4v) is 2.25. The molecule has 2 N–H and O–H groups in total. The van der Waals surface area contributed by atoms with Crippen molar-refractivity contribution in [3.05, 3.63) is 23.3 Å². The molecule has 0 saturated carbocycles. The molecule has 0 radical (unpaired) electrons. The number of hydrogen-bond acceptors (Lipinski definition) is 3. The number of benzene rings is 1. The molecular weight excluding hydrogens is 214 g/mol. The molecule has 0 spiro atoms. The molecule has 3 nitrogen and oxygen atoms in total. The van der Waals surface area contributed by atoms with Crippen molar-refractivity contribution in [2.45, 2.75) is 45.3 Å². The minimum Gasteiger partial charge on any atom is -0.496 e. The molecule has 1 aromatic rings. The van der Waals surface area contributed by atoms with Gasteiger partial charge in [-0.15, -0.1) is 0 Å². The molecular formula is C14H21NO2. The van der Waals surface area contributed by atoms with Crippen molar-refractivity contribution in [2.24, 2.45) is 5.73 Å². The Morgan fingerprint density at radius 2 is 2.29 bits per heavy atom. The predicted octanol–water partition coefficient (Wildman–Crippen LogP) is 2.30. The number of aryl methyl sites for hydroxylation is 1. The van der Waals surface area contributed by atoms with Crippen molar-refractivity contribution >= 4 is 0 Å². The van der Waals surface area contributed by atoms with Crippen LogP contribution in [0.5, 0.6) is 11.5 Å². The summed E-state index contributed by atoms with van der Waals surface area (Å²) in [5.41, 5.74) is 8.24. The van der Waals surface area contributed by atoms with Gasteiger partial charge in [-0.3, -0.25) is 0 Å². The van der Waals surface area contributed by atoms with Gasteiger partial charge in [0, 0.05) is 18.0 Å². The maximum absolute atomic E-state index is 5.79. The number of hydrogen-bond donors (Lipinski definition) is 1. The van der Waals surface area contributed by atoms with Gasteiger partial charge < -0.3 is 15.2 Å². The Labute approximate surface area is 103 Å². The molecule has 3 heteroatoms. The SMILES string of the molecule is COc1cc2c(cc1CCC(C)N)OC(C)C2. The van der Waals surface area contributed by atoms with Crippen LogP contribution in [0.15, 0.2) is 12.1 Å². The zero-order chi connectivity index (χ0) is 12.4. The Kier molecular flexibility index (Phi) is 3.57. The van der Waals surface area contributed by atoms with E-state index < -0.39 is 0 Å². The van der Waals surface area contributed by atoms with Crippen LogP contribution in [0.2, 0.25) is 0 Å². The molecule has 94 valence electrons. The van der Waals surface area contributed by atoms with E-state index in [9.17, 15) is 0 Å². The average Bonchev–Trinajstić information content (AvgIpc) is 2.63. The quantitative estimate of drug-likeness (QED) is 0.871. The molecule has 0 aromatic heterocycles. The van der Waals surface area contributed by atoms with Gasteiger partial charge in [-0.1, -0.05) is 0 Å². The van der Waals surface area contributed by atoms with Crippen LogP contribution in [0, 0.1) is 0 Å². The molecule has 2 atom stereocenters. The number of ether oxygens (including phenoxy) is 2. The monoisotopic (exact) mass is 235 g/mol. The molecule has 0 fully saturated rings. The number of rotatable bonds is 4. The van der Waals surface area contributed by atoms with E-state index in [1.54, 1.807) is 7.11 Å². The van der Waals surface area contributed by atoms with E-state index in [4.69, 9.17) is 15.2 Å². The van der Waals surface area contributed by atoms with E-state index in [0.29, 0.717) is 0 Å². The largest absolute Gasteiger partial charge is 0.496 e. The summed E-state index contributed by atoms with van der Waals surface area (Å²) in [6, 6.07) is 4.43. The fourth-order valence-electron chi connectivity index (χ4n) is 2.25. The Bertz CT molecular complexity index is 401. The molecule has 2 rings (SSSR count). The van der Waals surface area contributed by atoms with Gasteiger partial charge in [-0.05, 0) is 44.4 Å². The van der Waals surface area contributed by atoms with Crippen LogP contribution in [0.3, 0.4) is 0 Å². The van der Waals surface area contributed by atoms with Gasteiger partial charge in [0.25, 0.3) is 0 Å². The van der Waals surface area contributed by atoms with Crippen molar-refractivity contribution < 1.29 is 9.47 Å². The van der Waals surface area contributed by atoms with Crippen LogP contribution in [-0.4, -0.2) is 19.3 Å². The smallest absolute Gasteiger partial charge is 0.123 e.